The van der Waals surface area contributed by atoms with Gasteiger partial charge in [-0.1, -0.05) is 12.1 Å². The number of rotatable bonds is 4. The van der Waals surface area contributed by atoms with Crippen LogP contribution in [0.1, 0.15) is 5.56 Å². The molecule has 6 nitrogen and oxygen atoms in total. The number of hydrogen-bond donors (Lipinski definition) is 0. The SMILES string of the molecule is N#CC(C#N)=Cc1ccc(Oc2ccc([N+](=O)[O-])cc2)cc1. The van der Waals surface area contributed by atoms with Gasteiger partial charge in [-0.25, -0.2) is 0 Å². The molecule has 0 unspecified atom stereocenters. The molecule has 0 spiro atoms. The molecule has 0 heterocycles. The average molecular weight is 291 g/mol. The number of ether oxygens (including phenoxy) is 1. The molecule has 2 aromatic rings. The Bertz CT molecular complexity index is 779. The zero-order valence-corrected chi connectivity index (χ0v) is 11.3. The van der Waals surface area contributed by atoms with Crippen molar-refractivity contribution < 1.29 is 9.66 Å². The Labute approximate surface area is 126 Å². The summed E-state index contributed by atoms with van der Waals surface area (Å²) in [6, 6.07) is 16.1. The van der Waals surface area contributed by atoms with Crippen LogP contribution in [0.3, 0.4) is 0 Å². The van der Waals surface area contributed by atoms with Gasteiger partial charge in [0.1, 0.15) is 29.2 Å². The number of benzene rings is 2. The molecular weight excluding hydrogens is 282 g/mol. The summed E-state index contributed by atoms with van der Waals surface area (Å²) < 4.78 is 5.55. The predicted octanol–water partition coefficient (Wildman–Crippen LogP) is 3.82. The van der Waals surface area contributed by atoms with E-state index in [0.29, 0.717) is 17.1 Å². The molecule has 0 aliphatic rings. The van der Waals surface area contributed by atoms with Gasteiger partial charge in [0.2, 0.25) is 0 Å². The van der Waals surface area contributed by atoms with Gasteiger partial charge < -0.3 is 4.74 Å². The van der Waals surface area contributed by atoms with Gasteiger partial charge in [0, 0.05) is 12.1 Å². The smallest absolute Gasteiger partial charge is 0.269 e. The van der Waals surface area contributed by atoms with Gasteiger partial charge in [-0.3, -0.25) is 10.1 Å². The fraction of sp³-hybridized carbons (Fsp3) is 0. The van der Waals surface area contributed by atoms with Crippen LogP contribution in [0.25, 0.3) is 6.08 Å². The summed E-state index contributed by atoms with van der Waals surface area (Å²) in [6.07, 6.45) is 1.47. The molecule has 0 aliphatic carbocycles. The molecule has 0 aliphatic heterocycles. The first-order valence-electron chi connectivity index (χ1n) is 6.16. The Hall–Kier alpha value is -3.64. The van der Waals surface area contributed by atoms with E-state index in [4.69, 9.17) is 15.3 Å². The maximum atomic E-state index is 10.6. The normalized spacial score (nSPS) is 9.18. The third kappa shape index (κ3) is 3.69. The monoisotopic (exact) mass is 291 g/mol. The minimum absolute atomic E-state index is 0.00614. The van der Waals surface area contributed by atoms with Crippen molar-refractivity contribution in [3.63, 3.8) is 0 Å². The largest absolute Gasteiger partial charge is 0.457 e. The highest BCUT2D eigenvalue weighted by Crippen LogP contribution is 2.24. The molecular formula is C16H9N3O3. The molecule has 6 heteroatoms. The lowest BCUT2D eigenvalue weighted by molar-refractivity contribution is -0.384. The summed E-state index contributed by atoms with van der Waals surface area (Å²) in [6.45, 7) is 0. The molecule has 2 rings (SSSR count). The zero-order chi connectivity index (χ0) is 15.9. The highest BCUT2D eigenvalue weighted by Gasteiger charge is 2.05. The molecule has 0 radical (unpaired) electrons. The van der Waals surface area contributed by atoms with Crippen LogP contribution in [-0.4, -0.2) is 4.92 Å². The summed E-state index contributed by atoms with van der Waals surface area (Å²) in [5.41, 5.74) is 0.714. The third-order valence-electron chi connectivity index (χ3n) is 2.72. The number of nitro groups is 1. The van der Waals surface area contributed by atoms with Crippen molar-refractivity contribution in [3.8, 4) is 23.6 Å². The Kier molecular flexibility index (Phi) is 4.49. The number of non-ortho nitro benzene ring substituents is 1. The quantitative estimate of drug-likeness (QED) is 0.484. The van der Waals surface area contributed by atoms with Crippen molar-refractivity contribution in [3.05, 3.63) is 69.8 Å². The third-order valence-corrected chi connectivity index (χ3v) is 2.72. The van der Waals surface area contributed by atoms with Crippen LogP contribution in [0.4, 0.5) is 5.69 Å². The van der Waals surface area contributed by atoms with Crippen LogP contribution in [0.15, 0.2) is 54.1 Å². The highest BCUT2D eigenvalue weighted by atomic mass is 16.6. The molecule has 0 saturated heterocycles. The van der Waals surface area contributed by atoms with Crippen LogP contribution in [-0.2, 0) is 0 Å². The Morgan fingerprint density at radius 3 is 1.95 bits per heavy atom. The molecule has 2 aromatic carbocycles. The Morgan fingerprint density at radius 2 is 1.50 bits per heavy atom. The van der Waals surface area contributed by atoms with Gasteiger partial charge in [0.25, 0.3) is 5.69 Å². The number of allylic oxidation sites excluding steroid dienone is 1. The van der Waals surface area contributed by atoms with Crippen molar-refractivity contribution in [2.75, 3.05) is 0 Å². The van der Waals surface area contributed by atoms with Crippen LogP contribution < -0.4 is 4.74 Å². The van der Waals surface area contributed by atoms with Crippen LogP contribution in [0, 0.1) is 32.8 Å². The Balaban J connectivity index is 2.12. The molecule has 0 atom stereocenters. The second kappa shape index (κ2) is 6.69. The lowest BCUT2D eigenvalue weighted by Crippen LogP contribution is -1.88. The minimum Gasteiger partial charge on any atom is -0.457 e. The summed E-state index contributed by atoms with van der Waals surface area (Å²) in [5, 5.41) is 27.9. The van der Waals surface area contributed by atoms with E-state index < -0.39 is 4.92 Å². The highest BCUT2D eigenvalue weighted by molar-refractivity contribution is 5.62. The van der Waals surface area contributed by atoms with E-state index in [1.807, 2.05) is 0 Å². The standard InChI is InChI=1S/C16H9N3O3/c17-10-13(11-18)9-12-1-5-15(6-2-12)22-16-7-3-14(4-8-16)19(20)21/h1-9H. The van der Waals surface area contributed by atoms with Crippen molar-refractivity contribution >= 4 is 11.8 Å². The van der Waals surface area contributed by atoms with Gasteiger partial charge >= 0.3 is 0 Å². The molecule has 0 N–H and O–H groups in total. The summed E-state index contributed by atoms with van der Waals surface area (Å²) in [7, 11) is 0. The molecule has 106 valence electrons. The molecule has 0 amide bonds. The zero-order valence-electron chi connectivity index (χ0n) is 11.3. The average Bonchev–Trinajstić information content (AvgIpc) is 2.54. The van der Waals surface area contributed by atoms with E-state index in [9.17, 15) is 10.1 Å². The van der Waals surface area contributed by atoms with Crippen LogP contribution in [0.2, 0.25) is 0 Å². The molecule has 0 saturated carbocycles. The summed E-state index contributed by atoms with van der Waals surface area (Å²) in [5.74, 6) is 1.02. The van der Waals surface area contributed by atoms with E-state index in [2.05, 4.69) is 0 Å². The Morgan fingerprint density at radius 1 is 1.00 bits per heavy atom. The van der Waals surface area contributed by atoms with Gasteiger partial charge in [0.15, 0.2) is 0 Å². The number of hydrogen-bond acceptors (Lipinski definition) is 5. The maximum absolute atomic E-state index is 10.6. The first kappa shape index (κ1) is 14.8. The number of nitro benzene ring substituents is 1. The second-order valence-corrected chi connectivity index (χ2v) is 4.20. The lowest BCUT2D eigenvalue weighted by atomic mass is 10.1. The topological polar surface area (TPSA) is 100.0 Å². The fourth-order valence-corrected chi connectivity index (χ4v) is 1.66. The summed E-state index contributed by atoms with van der Waals surface area (Å²) in [4.78, 5) is 10.1. The van der Waals surface area contributed by atoms with Gasteiger partial charge in [-0.05, 0) is 35.9 Å². The van der Waals surface area contributed by atoms with Crippen molar-refractivity contribution in [2.24, 2.45) is 0 Å². The number of nitriles is 2. The van der Waals surface area contributed by atoms with Gasteiger partial charge in [-0.15, -0.1) is 0 Å². The fourth-order valence-electron chi connectivity index (χ4n) is 1.66. The number of nitrogens with zero attached hydrogens (tertiary/aromatic N) is 3. The van der Waals surface area contributed by atoms with Crippen LogP contribution in [0.5, 0.6) is 11.5 Å². The maximum Gasteiger partial charge on any atom is 0.269 e. The van der Waals surface area contributed by atoms with Crippen molar-refractivity contribution in [2.45, 2.75) is 0 Å². The molecule has 0 bridgehead atoms. The first-order valence-corrected chi connectivity index (χ1v) is 6.16. The first-order chi connectivity index (χ1) is 10.6. The predicted molar refractivity (Wildman–Crippen MR) is 78.8 cm³/mol. The van der Waals surface area contributed by atoms with Gasteiger partial charge in [-0.2, -0.15) is 10.5 Å². The molecule has 22 heavy (non-hydrogen) atoms. The van der Waals surface area contributed by atoms with Gasteiger partial charge in [0.05, 0.1) is 4.92 Å². The van der Waals surface area contributed by atoms with Crippen molar-refractivity contribution in [1.82, 2.24) is 0 Å². The second-order valence-electron chi connectivity index (χ2n) is 4.20. The lowest BCUT2D eigenvalue weighted by Gasteiger charge is -2.05. The van der Waals surface area contributed by atoms with E-state index >= 15 is 0 Å². The molecule has 0 aromatic heterocycles. The summed E-state index contributed by atoms with van der Waals surface area (Å²) >= 11 is 0. The van der Waals surface area contributed by atoms with E-state index in [-0.39, 0.29) is 11.3 Å². The van der Waals surface area contributed by atoms with E-state index in [1.54, 1.807) is 36.4 Å². The molecule has 0 fully saturated rings. The van der Waals surface area contributed by atoms with E-state index in [1.165, 1.54) is 30.3 Å². The van der Waals surface area contributed by atoms with Crippen molar-refractivity contribution in [1.29, 1.82) is 10.5 Å². The van der Waals surface area contributed by atoms with E-state index in [0.717, 1.165) is 0 Å². The minimum atomic E-state index is -0.479. The van der Waals surface area contributed by atoms with Crippen LogP contribution >= 0.6 is 0 Å².